The summed E-state index contributed by atoms with van der Waals surface area (Å²) >= 11 is 0. The number of hydrogen-bond acceptors (Lipinski definition) is 1. The minimum Gasteiger partial charge on any atom is -0.299 e. The zero-order valence-electron chi connectivity index (χ0n) is 9.84. The summed E-state index contributed by atoms with van der Waals surface area (Å²) in [5.41, 5.74) is 0.452. The predicted octanol–water partition coefficient (Wildman–Crippen LogP) is 3.28. The van der Waals surface area contributed by atoms with Crippen LogP contribution in [0.4, 0.5) is 0 Å². The topological polar surface area (TPSA) is 17.1 Å². The van der Waals surface area contributed by atoms with Crippen molar-refractivity contribution in [1.29, 1.82) is 0 Å². The molecule has 0 heterocycles. The minimum absolute atomic E-state index is 0.384. The molecule has 0 spiro atoms. The van der Waals surface area contributed by atoms with Crippen molar-refractivity contribution < 1.29 is 4.79 Å². The number of hydrogen-bond donors (Lipinski definition) is 0. The molecule has 3 fully saturated rings. The van der Waals surface area contributed by atoms with Gasteiger partial charge in [-0.15, -0.1) is 0 Å². The van der Waals surface area contributed by atoms with Crippen molar-refractivity contribution in [2.45, 2.75) is 47.0 Å². The van der Waals surface area contributed by atoms with Crippen LogP contribution in [0.5, 0.6) is 0 Å². The van der Waals surface area contributed by atoms with Crippen molar-refractivity contribution in [3.05, 3.63) is 0 Å². The van der Waals surface area contributed by atoms with E-state index in [1.807, 2.05) is 0 Å². The Morgan fingerprint density at radius 1 is 1.43 bits per heavy atom. The number of carbonyl (C=O) groups excluding carboxylic acids is 1. The fourth-order valence-corrected chi connectivity index (χ4v) is 3.51. The van der Waals surface area contributed by atoms with E-state index < -0.39 is 0 Å². The van der Waals surface area contributed by atoms with Gasteiger partial charge in [0.15, 0.2) is 0 Å². The molecule has 3 unspecified atom stereocenters. The molecule has 1 nitrogen and oxygen atoms in total. The van der Waals surface area contributed by atoms with Gasteiger partial charge in [-0.3, -0.25) is 4.79 Å². The molecule has 3 aliphatic carbocycles. The van der Waals surface area contributed by atoms with Gasteiger partial charge in [0.2, 0.25) is 0 Å². The van der Waals surface area contributed by atoms with E-state index in [0.717, 1.165) is 12.8 Å². The first-order valence-electron chi connectivity index (χ1n) is 5.95. The molecule has 0 saturated heterocycles. The molecule has 1 heteroatoms. The van der Waals surface area contributed by atoms with E-state index in [9.17, 15) is 4.79 Å². The highest BCUT2D eigenvalue weighted by molar-refractivity contribution is 5.83. The molecule has 0 aliphatic heterocycles. The largest absolute Gasteiger partial charge is 0.299 e. The average Bonchev–Trinajstić information content (AvgIpc) is 2.06. The Balaban J connectivity index is 2.11. The molecule has 0 aromatic heterocycles. The molecule has 3 rings (SSSR count). The third-order valence-electron chi connectivity index (χ3n) is 4.62. The van der Waals surface area contributed by atoms with E-state index in [-0.39, 0.29) is 0 Å². The lowest BCUT2D eigenvalue weighted by molar-refractivity contribution is -0.156. The summed E-state index contributed by atoms with van der Waals surface area (Å²) in [4.78, 5) is 11.9. The van der Waals surface area contributed by atoms with Crippen molar-refractivity contribution in [3.8, 4) is 0 Å². The van der Waals surface area contributed by atoms with Crippen molar-refractivity contribution in [3.63, 3.8) is 0 Å². The second-order valence-corrected chi connectivity index (χ2v) is 6.27. The predicted molar refractivity (Wildman–Crippen MR) is 57.9 cm³/mol. The third-order valence-corrected chi connectivity index (χ3v) is 4.62. The summed E-state index contributed by atoms with van der Waals surface area (Å²) in [6, 6.07) is 0. The monoisotopic (exact) mass is 194 g/mol. The van der Waals surface area contributed by atoms with E-state index in [4.69, 9.17) is 0 Å². The third kappa shape index (κ3) is 1.32. The fraction of sp³-hybridized carbons (Fsp3) is 0.923. The van der Waals surface area contributed by atoms with Gasteiger partial charge in [0.1, 0.15) is 5.78 Å². The van der Waals surface area contributed by atoms with Crippen LogP contribution in [0.3, 0.4) is 0 Å². The van der Waals surface area contributed by atoms with Crippen molar-refractivity contribution in [1.82, 2.24) is 0 Å². The van der Waals surface area contributed by atoms with Crippen molar-refractivity contribution >= 4 is 5.78 Å². The maximum absolute atomic E-state index is 11.9. The van der Waals surface area contributed by atoms with Crippen LogP contribution in [0.15, 0.2) is 0 Å². The molecule has 80 valence electrons. The molecular weight excluding hydrogens is 172 g/mol. The first kappa shape index (κ1) is 10.2. The van der Waals surface area contributed by atoms with Crippen LogP contribution >= 0.6 is 0 Å². The zero-order valence-corrected chi connectivity index (χ0v) is 9.84. The van der Waals surface area contributed by atoms with Crippen LogP contribution in [0.25, 0.3) is 0 Å². The normalized spacial score (nSPS) is 39.8. The number of carbonyl (C=O) groups is 1. The van der Waals surface area contributed by atoms with E-state index in [0.29, 0.717) is 34.9 Å². The Morgan fingerprint density at radius 3 is 2.57 bits per heavy atom. The summed E-state index contributed by atoms with van der Waals surface area (Å²) in [5.74, 6) is 2.99. The van der Waals surface area contributed by atoms with Crippen molar-refractivity contribution in [2.24, 2.45) is 29.1 Å². The van der Waals surface area contributed by atoms with Gasteiger partial charge in [-0.25, -0.2) is 0 Å². The van der Waals surface area contributed by atoms with Crippen LogP contribution in [0.2, 0.25) is 0 Å². The number of Topliss-reactive ketones (excluding diaryl/α,β-unsaturated/α-hetero) is 1. The number of ketones is 1. The Morgan fingerprint density at radius 2 is 2.07 bits per heavy atom. The van der Waals surface area contributed by atoms with Gasteiger partial charge < -0.3 is 0 Å². The molecule has 0 radical (unpaired) electrons. The van der Waals surface area contributed by atoms with E-state index in [2.05, 4.69) is 27.7 Å². The zero-order chi connectivity index (χ0) is 10.5. The highest BCUT2D eigenvalue weighted by Crippen LogP contribution is 2.61. The molecule has 0 aromatic carbocycles. The van der Waals surface area contributed by atoms with Crippen LogP contribution in [0, 0.1) is 29.1 Å². The molecule has 0 amide bonds. The van der Waals surface area contributed by atoms with Gasteiger partial charge in [0, 0.05) is 12.3 Å². The van der Waals surface area contributed by atoms with Gasteiger partial charge in [-0.05, 0) is 36.0 Å². The van der Waals surface area contributed by atoms with E-state index in [1.165, 1.54) is 6.42 Å². The second-order valence-electron chi connectivity index (χ2n) is 6.27. The van der Waals surface area contributed by atoms with Gasteiger partial charge in [0.25, 0.3) is 0 Å². The lowest BCUT2D eigenvalue weighted by Crippen LogP contribution is -2.56. The second kappa shape index (κ2) is 3.08. The molecule has 0 N–H and O–H groups in total. The average molecular weight is 194 g/mol. The highest BCUT2D eigenvalue weighted by Gasteiger charge is 2.57. The first-order chi connectivity index (χ1) is 6.43. The molecule has 3 aliphatic rings. The number of fused-ring (bicyclic) bond motifs is 2. The molecule has 3 saturated carbocycles. The highest BCUT2D eigenvalue weighted by atomic mass is 16.1. The van der Waals surface area contributed by atoms with Gasteiger partial charge >= 0.3 is 0 Å². The molecule has 14 heavy (non-hydrogen) atoms. The van der Waals surface area contributed by atoms with Crippen LogP contribution in [-0.2, 0) is 4.79 Å². The Hall–Kier alpha value is -0.330. The summed E-state index contributed by atoms with van der Waals surface area (Å²) in [6.45, 7) is 9.16. The smallest absolute Gasteiger partial charge is 0.136 e. The quantitative estimate of drug-likeness (QED) is 0.659. The summed E-state index contributed by atoms with van der Waals surface area (Å²) in [6.07, 6.45) is 3.29. The van der Waals surface area contributed by atoms with Gasteiger partial charge in [-0.1, -0.05) is 27.7 Å². The number of rotatable bonds is 2. The maximum atomic E-state index is 11.9. The Labute approximate surface area is 87.3 Å². The summed E-state index contributed by atoms with van der Waals surface area (Å²) in [7, 11) is 0. The maximum Gasteiger partial charge on any atom is 0.136 e. The lowest BCUT2D eigenvalue weighted by atomic mass is 9.44. The van der Waals surface area contributed by atoms with Gasteiger partial charge in [-0.2, -0.15) is 0 Å². The van der Waals surface area contributed by atoms with Gasteiger partial charge in [0.05, 0.1) is 0 Å². The molecule has 0 aromatic rings. The lowest BCUT2D eigenvalue weighted by Gasteiger charge is -2.59. The fourth-order valence-electron chi connectivity index (χ4n) is 3.51. The minimum atomic E-state index is 0.384. The molecule has 2 bridgehead atoms. The van der Waals surface area contributed by atoms with Crippen LogP contribution in [-0.4, -0.2) is 5.78 Å². The van der Waals surface area contributed by atoms with E-state index >= 15 is 0 Å². The standard InChI is InChI=1S/C13H22O/c1-8(2)5-10-11-6-9(7-12(10)14)13(11,3)4/h8-11H,5-7H2,1-4H3. The Bertz CT molecular complexity index is 252. The first-order valence-corrected chi connectivity index (χ1v) is 5.95. The van der Waals surface area contributed by atoms with E-state index in [1.54, 1.807) is 0 Å². The SMILES string of the molecule is CC(C)CC1C(=O)CC2CC1C2(C)C. The summed E-state index contributed by atoms with van der Waals surface area (Å²) in [5, 5.41) is 0. The Kier molecular flexibility index (Phi) is 2.24. The molecule has 3 atom stereocenters. The van der Waals surface area contributed by atoms with Crippen LogP contribution < -0.4 is 0 Å². The molecular formula is C13H22O. The van der Waals surface area contributed by atoms with Crippen molar-refractivity contribution in [2.75, 3.05) is 0 Å². The summed E-state index contributed by atoms with van der Waals surface area (Å²) < 4.78 is 0. The van der Waals surface area contributed by atoms with Crippen LogP contribution in [0.1, 0.15) is 47.0 Å².